The third-order valence-electron chi connectivity index (χ3n) is 11.7. The number of carboxylic acid groups (broad SMARTS) is 3. The van der Waals surface area contributed by atoms with E-state index in [-0.39, 0.29) is 55.8 Å². The lowest BCUT2D eigenvalue weighted by Crippen LogP contribution is -2.61. The molecule has 20 nitrogen and oxygen atoms in total. The summed E-state index contributed by atoms with van der Waals surface area (Å²) in [6.07, 6.45) is 6.39. The number of hydrogen-bond acceptors (Lipinski definition) is 10. The van der Waals surface area contributed by atoms with Gasteiger partial charge in [-0.2, -0.15) is 0 Å². The average Bonchev–Trinajstić information content (AvgIpc) is 3.24. The van der Waals surface area contributed by atoms with Crippen LogP contribution in [0.5, 0.6) is 0 Å². The van der Waals surface area contributed by atoms with Crippen molar-refractivity contribution in [2.24, 2.45) is 41.4 Å². The van der Waals surface area contributed by atoms with Gasteiger partial charge in [-0.1, -0.05) is 109 Å². The predicted molar refractivity (Wildman–Crippen MR) is 269 cm³/mol. The molecule has 0 aromatic heterocycles. The molecule has 0 aliphatic heterocycles. The first-order valence-corrected chi connectivity index (χ1v) is 25.4. The minimum absolute atomic E-state index is 0.0483. The smallest absolute Gasteiger partial charge is 0.326 e. The van der Waals surface area contributed by atoms with Gasteiger partial charge in [-0.15, -0.1) is 0 Å². The van der Waals surface area contributed by atoms with E-state index in [0.717, 1.165) is 25.7 Å². The van der Waals surface area contributed by atoms with Crippen molar-refractivity contribution in [2.45, 2.75) is 209 Å². The van der Waals surface area contributed by atoms with Crippen LogP contribution in [0.4, 0.5) is 0 Å². The van der Waals surface area contributed by atoms with Crippen LogP contribution in [0.2, 0.25) is 0 Å². The molecule has 0 saturated heterocycles. The zero-order valence-electron chi connectivity index (χ0n) is 44.6. The molecule has 0 saturated carbocycles. The Balaban J connectivity index is 6.37. The Kier molecular flexibility index (Phi) is 31.3. The van der Waals surface area contributed by atoms with Crippen LogP contribution >= 0.6 is 0 Å². The zero-order valence-corrected chi connectivity index (χ0v) is 44.6. The third kappa shape index (κ3) is 28.8. The van der Waals surface area contributed by atoms with Gasteiger partial charge in [-0.05, 0) is 98.9 Å². The van der Waals surface area contributed by atoms with Gasteiger partial charge >= 0.3 is 17.9 Å². The summed E-state index contributed by atoms with van der Waals surface area (Å²) in [4.78, 5) is 131. The largest absolute Gasteiger partial charge is 0.481 e. The molecular formula is C51H89N7O13. The lowest BCUT2D eigenvalue weighted by molar-refractivity contribution is -0.143. The Labute approximate surface area is 421 Å². The van der Waals surface area contributed by atoms with Crippen molar-refractivity contribution in [3.05, 3.63) is 12.2 Å². The molecule has 0 radical (unpaired) electrons. The normalized spacial score (nSPS) is 15.5. The number of aliphatic carboxylic acids is 3. The molecule has 0 rings (SSSR count). The van der Waals surface area contributed by atoms with Crippen LogP contribution in [0.1, 0.15) is 167 Å². The summed E-state index contributed by atoms with van der Waals surface area (Å²) >= 11 is 0. The fourth-order valence-electron chi connectivity index (χ4n) is 7.83. The summed E-state index contributed by atoms with van der Waals surface area (Å²) in [6, 6.07) is -9.49. The SMILES string of the molecule is CCC(C)CC(C)CCC/C=C/C(=O)N[C@@H](CCC(=O)O)C(=O)N[C@@H](CC(C)C)C(=O)N[C@@H](CC(C)C)C(=O)N[C@@H](C(=O)N[C@@H](CC(=O)O)C(=O)N[C@@H](CC(C)C)C(=O)N[C@@H](CC(C)C)C(=O)O)C(C)C. The Bertz CT molecular complexity index is 1780. The van der Waals surface area contributed by atoms with Gasteiger partial charge in [0.1, 0.15) is 42.3 Å². The molecule has 0 heterocycles. The number of rotatable bonds is 36. The van der Waals surface area contributed by atoms with E-state index < -0.39 is 120 Å². The van der Waals surface area contributed by atoms with E-state index in [0.29, 0.717) is 18.3 Å². The van der Waals surface area contributed by atoms with E-state index in [2.05, 4.69) is 58.0 Å². The van der Waals surface area contributed by atoms with Gasteiger partial charge in [-0.25, -0.2) is 4.79 Å². The number of hydrogen-bond donors (Lipinski definition) is 10. The topological polar surface area (TPSA) is 316 Å². The molecule has 0 aliphatic rings. The Morgan fingerprint density at radius 2 is 0.845 bits per heavy atom. The van der Waals surface area contributed by atoms with E-state index in [9.17, 15) is 63.3 Å². The number of allylic oxidation sites excluding steroid dienone is 1. The molecule has 0 spiro atoms. The van der Waals surface area contributed by atoms with Crippen LogP contribution in [-0.4, -0.2) is 117 Å². The van der Waals surface area contributed by atoms with Crippen molar-refractivity contribution in [1.29, 1.82) is 0 Å². The lowest BCUT2D eigenvalue weighted by atomic mass is 9.91. The van der Waals surface area contributed by atoms with E-state index in [1.165, 1.54) is 6.08 Å². The molecule has 2 unspecified atom stereocenters. The van der Waals surface area contributed by atoms with E-state index in [4.69, 9.17) is 0 Å². The molecular weight excluding hydrogens is 919 g/mol. The fraction of sp³-hybridized carbons (Fsp3) is 0.765. The van der Waals surface area contributed by atoms with Gasteiger partial charge in [-0.3, -0.25) is 43.2 Å². The molecule has 406 valence electrons. The van der Waals surface area contributed by atoms with Crippen LogP contribution < -0.4 is 37.2 Å². The van der Waals surface area contributed by atoms with Gasteiger partial charge in [0, 0.05) is 6.42 Å². The van der Waals surface area contributed by atoms with Crippen LogP contribution in [0.25, 0.3) is 0 Å². The number of unbranched alkanes of at least 4 members (excludes halogenated alkanes) is 1. The summed E-state index contributed by atoms with van der Waals surface area (Å²) in [6.45, 7) is 24.0. The second-order valence-corrected chi connectivity index (χ2v) is 21.2. The van der Waals surface area contributed by atoms with Gasteiger partial charge in [0.25, 0.3) is 0 Å². The minimum Gasteiger partial charge on any atom is -0.481 e. The summed E-state index contributed by atoms with van der Waals surface area (Å²) < 4.78 is 0. The fourth-order valence-corrected chi connectivity index (χ4v) is 7.83. The van der Waals surface area contributed by atoms with Crippen molar-refractivity contribution in [2.75, 3.05) is 0 Å². The van der Waals surface area contributed by atoms with Gasteiger partial charge in [0.15, 0.2) is 0 Å². The lowest BCUT2D eigenvalue weighted by Gasteiger charge is -2.29. The first-order valence-electron chi connectivity index (χ1n) is 25.4. The highest BCUT2D eigenvalue weighted by atomic mass is 16.4. The van der Waals surface area contributed by atoms with Crippen LogP contribution in [0, 0.1) is 41.4 Å². The number of carbonyl (C=O) groups is 10. The monoisotopic (exact) mass is 1010 g/mol. The molecule has 0 fully saturated rings. The first kappa shape index (κ1) is 65.4. The van der Waals surface area contributed by atoms with Gasteiger partial charge < -0.3 is 52.5 Å². The molecule has 0 aromatic carbocycles. The molecule has 0 aliphatic carbocycles. The number of carboxylic acids is 3. The predicted octanol–water partition coefficient (Wildman–Crippen LogP) is 4.44. The second-order valence-electron chi connectivity index (χ2n) is 21.2. The molecule has 0 aromatic rings. The molecule has 71 heavy (non-hydrogen) atoms. The quantitative estimate of drug-likeness (QED) is 0.0307. The first-order chi connectivity index (χ1) is 33.0. The molecule has 7 amide bonds. The van der Waals surface area contributed by atoms with E-state index in [1.807, 2.05) is 0 Å². The second kappa shape index (κ2) is 33.9. The molecule has 20 heteroatoms. The summed E-state index contributed by atoms with van der Waals surface area (Å²) in [5, 5.41) is 46.7. The van der Waals surface area contributed by atoms with Crippen molar-refractivity contribution < 1.29 is 63.3 Å². The summed E-state index contributed by atoms with van der Waals surface area (Å²) in [5.74, 6) is -9.83. The highest BCUT2D eigenvalue weighted by Crippen LogP contribution is 2.20. The highest BCUT2D eigenvalue weighted by Gasteiger charge is 2.36. The third-order valence-corrected chi connectivity index (χ3v) is 11.7. The van der Waals surface area contributed by atoms with Crippen molar-refractivity contribution in [3.8, 4) is 0 Å². The summed E-state index contributed by atoms with van der Waals surface area (Å²) in [7, 11) is 0. The Morgan fingerprint density at radius 1 is 0.437 bits per heavy atom. The van der Waals surface area contributed by atoms with Gasteiger partial charge in [0.05, 0.1) is 6.42 Å². The maximum Gasteiger partial charge on any atom is 0.326 e. The van der Waals surface area contributed by atoms with Crippen LogP contribution in [0.3, 0.4) is 0 Å². The van der Waals surface area contributed by atoms with Crippen molar-refractivity contribution >= 4 is 59.3 Å². The maximum absolute atomic E-state index is 14.1. The van der Waals surface area contributed by atoms with Gasteiger partial charge in [0.2, 0.25) is 41.4 Å². The zero-order chi connectivity index (χ0) is 54.7. The maximum atomic E-state index is 14.1. The minimum atomic E-state index is -1.74. The molecule has 0 bridgehead atoms. The van der Waals surface area contributed by atoms with Crippen molar-refractivity contribution in [3.63, 3.8) is 0 Å². The number of nitrogens with one attached hydrogen (secondary N) is 7. The van der Waals surface area contributed by atoms with E-state index >= 15 is 0 Å². The van der Waals surface area contributed by atoms with Crippen molar-refractivity contribution in [1.82, 2.24) is 37.2 Å². The standard InChI is InChI=1S/C51H89N7O13/c1-14-33(12)26-34(13)18-16-15-17-19-41(59)52-35(20-21-42(60)61)45(64)53-36(22-28(2)3)46(65)55-38(24-30(6)7)49(68)58-44(32(10)11)50(69)56-39(27-43(62)63)48(67)54-37(23-29(4)5)47(66)57-40(51(70)71)25-31(8)9/h17,19,28-40,44H,14-16,18,20-27H2,1-13H3,(H,52,59)(H,53,64)(H,54,67)(H,55,65)(H,56,69)(H,57,66)(H,58,68)(H,60,61)(H,62,63)(H,70,71)/b19-17+/t33?,34?,35-,36-,37-,38-,39-,40-,44+/m0/s1. The molecule has 9 atom stereocenters. The van der Waals surface area contributed by atoms with Crippen LogP contribution in [-0.2, 0) is 47.9 Å². The highest BCUT2D eigenvalue weighted by molar-refractivity contribution is 5.98. The number of carbonyl (C=O) groups excluding carboxylic acids is 7. The molecule has 10 N–H and O–H groups in total. The van der Waals surface area contributed by atoms with E-state index in [1.54, 1.807) is 75.3 Å². The average molecular weight is 1010 g/mol. The summed E-state index contributed by atoms with van der Waals surface area (Å²) in [5.41, 5.74) is 0. The Morgan fingerprint density at radius 3 is 1.25 bits per heavy atom. The Hall–Kier alpha value is -5.56. The van der Waals surface area contributed by atoms with Crippen LogP contribution in [0.15, 0.2) is 12.2 Å². The number of amides is 7.